The Labute approximate surface area is 141 Å². The molecule has 1 aliphatic carbocycles. The average Bonchev–Trinajstić information content (AvgIpc) is 2.97. The predicted octanol–water partition coefficient (Wildman–Crippen LogP) is 1.49. The lowest BCUT2D eigenvalue weighted by Crippen LogP contribution is -2.39. The summed E-state index contributed by atoms with van der Waals surface area (Å²) in [5.41, 5.74) is 0.0849. The molecule has 0 saturated heterocycles. The lowest BCUT2D eigenvalue weighted by atomic mass is 10.0. The smallest absolute Gasteiger partial charge is 0.293 e. The number of nitro groups is 1. The lowest BCUT2D eigenvalue weighted by molar-refractivity contribution is -0.384. The number of rotatable bonds is 7. The molecule has 2 N–H and O–H groups in total. The molecule has 1 aliphatic rings. The van der Waals surface area contributed by atoms with Crippen LogP contribution in [0.2, 0.25) is 0 Å². The highest BCUT2D eigenvalue weighted by Crippen LogP contribution is 2.37. The summed E-state index contributed by atoms with van der Waals surface area (Å²) < 4.78 is 26.0. The van der Waals surface area contributed by atoms with E-state index in [1.165, 1.54) is 19.2 Å². The van der Waals surface area contributed by atoms with Crippen molar-refractivity contribution < 1.29 is 18.4 Å². The summed E-state index contributed by atoms with van der Waals surface area (Å²) >= 11 is 0. The minimum Gasteiger partial charge on any atom is -0.395 e. The largest absolute Gasteiger partial charge is 0.395 e. The van der Waals surface area contributed by atoms with Gasteiger partial charge in [-0.2, -0.15) is 0 Å². The minimum atomic E-state index is -3.76. The summed E-state index contributed by atoms with van der Waals surface area (Å²) in [6.07, 6.45) is 2.97. The Balaban J connectivity index is 2.52. The van der Waals surface area contributed by atoms with Crippen molar-refractivity contribution in [2.24, 2.45) is 5.92 Å². The topological polar surface area (TPSA) is 113 Å². The number of aliphatic hydroxyl groups excluding tert-OH is 1. The predicted molar refractivity (Wildman–Crippen MR) is 90.6 cm³/mol. The quantitative estimate of drug-likeness (QED) is 0.565. The van der Waals surface area contributed by atoms with Crippen molar-refractivity contribution in [3.05, 3.63) is 28.3 Å². The second-order valence-electron chi connectivity index (χ2n) is 6.01. The van der Waals surface area contributed by atoms with E-state index in [9.17, 15) is 23.6 Å². The first-order valence-corrected chi connectivity index (χ1v) is 9.39. The fraction of sp³-hybridized carbons (Fsp3) is 0.600. The standard InChI is InChI=1S/C15H23N3O5S/c1-11-4-3-5-13(11)17(8-9-19)14-7-6-12(24(22,23)16-2)10-15(14)18(20)21/h6-7,10-11,13,16,19H,3-5,8-9H2,1-2H3/t11-,13+/m1/s1. The number of nitrogens with zero attached hydrogens (tertiary/aromatic N) is 2. The van der Waals surface area contributed by atoms with Gasteiger partial charge < -0.3 is 10.0 Å². The van der Waals surface area contributed by atoms with E-state index >= 15 is 0 Å². The van der Waals surface area contributed by atoms with Crippen LogP contribution in [-0.2, 0) is 10.0 Å². The number of nitro benzene ring substituents is 1. The van der Waals surface area contributed by atoms with Crippen molar-refractivity contribution in [1.29, 1.82) is 0 Å². The van der Waals surface area contributed by atoms with Crippen LogP contribution < -0.4 is 9.62 Å². The van der Waals surface area contributed by atoms with Crippen LogP contribution in [0.3, 0.4) is 0 Å². The fourth-order valence-electron chi connectivity index (χ4n) is 3.34. The van der Waals surface area contributed by atoms with Gasteiger partial charge in [0.2, 0.25) is 10.0 Å². The molecule has 1 aromatic rings. The maximum atomic E-state index is 11.9. The van der Waals surface area contributed by atoms with Crippen LogP contribution in [0, 0.1) is 16.0 Å². The molecule has 1 fully saturated rings. The number of hydrogen-bond acceptors (Lipinski definition) is 6. The molecular weight excluding hydrogens is 334 g/mol. The molecule has 2 atom stereocenters. The molecule has 8 nitrogen and oxygen atoms in total. The summed E-state index contributed by atoms with van der Waals surface area (Å²) in [6, 6.07) is 3.99. The van der Waals surface area contributed by atoms with Crippen molar-refractivity contribution in [2.75, 3.05) is 25.1 Å². The molecule has 0 radical (unpaired) electrons. The zero-order chi connectivity index (χ0) is 17.9. The minimum absolute atomic E-state index is 0.0996. The number of hydrogen-bond donors (Lipinski definition) is 2. The molecule has 0 unspecified atom stereocenters. The molecule has 1 aromatic carbocycles. The summed E-state index contributed by atoms with van der Waals surface area (Å²) in [7, 11) is -2.50. The van der Waals surface area contributed by atoms with Crippen molar-refractivity contribution >= 4 is 21.4 Å². The van der Waals surface area contributed by atoms with E-state index < -0.39 is 14.9 Å². The first-order valence-electron chi connectivity index (χ1n) is 7.91. The van der Waals surface area contributed by atoms with Gasteiger partial charge in [0.25, 0.3) is 5.69 Å². The first kappa shape index (κ1) is 18.6. The maximum Gasteiger partial charge on any atom is 0.293 e. The van der Waals surface area contributed by atoms with Crippen molar-refractivity contribution in [3.63, 3.8) is 0 Å². The summed E-state index contributed by atoms with van der Waals surface area (Å²) in [5, 5.41) is 20.9. The Morgan fingerprint density at radius 1 is 1.42 bits per heavy atom. The fourth-order valence-corrected chi connectivity index (χ4v) is 4.09. The van der Waals surface area contributed by atoms with Gasteiger partial charge in [-0.1, -0.05) is 13.3 Å². The van der Waals surface area contributed by atoms with Gasteiger partial charge in [0, 0.05) is 18.7 Å². The van der Waals surface area contributed by atoms with Crippen molar-refractivity contribution in [1.82, 2.24) is 4.72 Å². The Morgan fingerprint density at radius 2 is 2.12 bits per heavy atom. The molecule has 24 heavy (non-hydrogen) atoms. The summed E-state index contributed by atoms with van der Waals surface area (Å²) in [6.45, 7) is 2.23. The van der Waals surface area contributed by atoms with Crippen LogP contribution in [-0.4, -0.2) is 44.7 Å². The van der Waals surface area contributed by atoms with Gasteiger partial charge in [-0.05, 0) is 37.9 Å². The lowest BCUT2D eigenvalue weighted by Gasteiger charge is -2.33. The molecule has 0 heterocycles. The highest BCUT2D eigenvalue weighted by Gasteiger charge is 2.33. The Hall–Kier alpha value is -1.71. The number of aliphatic hydroxyl groups is 1. The van der Waals surface area contributed by atoms with Crippen molar-refractivity contribution in [3.8, 4) is 0 Å². The molecule has 134 valence electrons. The zero-order valence-electron chi connectivity index (χ0n) is 13.8. The third-order valence-electron chi connectivity index (χ3n) is 4.59. The summed E-state index contributed by atoms with van der Waals surface area (Å²) in [4.78, 5) is 12.6. The third-order valence-corrected chi connectivity index (χ3v) is 6.00. The van der Waals surface area contributed by atoms with Gasteiger partial charge in [0.15, 0.2) is 0 Å². The van der Waals surface area contributed by atoms with E-state index in [0.29, 0.717) is 11.6 Å². The molecule has 0 aliphatic heterocycles. The third kappa shape index (κ3) is 3.68. The Morgan fingerprint density at radius 3 is 2.62 bits per heavy atom. The van der Waals surface area contributed by atoms with Gasteiger partial charge in [-0.15, -0.1) is 0 Å². The van der Waals surface area contributed by atoms with E-state index in [1.54, 1.807) is 0 Å². The summed E-state index contributed by atoms with van der Waals surface area (Å²) in [5.74, 6) is 0.358. The van der Waals surface area contributed by atoms with Crippen LogP contribution in [0.25, 0.3) is 0 Å². The molecule has 1 saturated carbocycles. The first-order chi connectivity index (χ1) is 11.3. The number of nitrogens with one attached hydrogen (secondary N) is 1. The molecule has 9 heteroatoms. The zero-order valence-corrected chi connectivity index (χ0v) is 14.6. The average molecular weight is 357 g/mol. The van der Waals surface area contributed by atoms with E-state index in [-0.39, 0.29) is 29.8 Å². The molecule has 2 rings (SSSR count). The monoisotopic (exact) mass is 357 g/mol. The van der Waals surface area contributed by atoms with E-state index in [4.69, 9.17) is 0 Å². The second-order valence-corrected chi connectivity index (χ2v) is 7.89. The van der Waals surface area contributed by atoms with Crippen LogP contribution in [0.4, 0.5) is 11.4 Å². The van der Waals surface area contributed by atoms with E-state index in [1.807, 2.05) is 4.90 Å². The molecular formula is C15H23N3O5S. The van der Waals surface area contributed by atoms with Crippen molar-refractivity contribution in [2.45, 2.75) is 37.1 Å². The Bertz CT molecular complexity index is 707. The molecule has 0 bridgehead atoms. The number of anilines is 1. The maximum absolute atomic E-state index is 11.9. The van der Waals surface area contributed by atoms with E-state index in [2.05, 4.69) is 11.6 Å². The van der Waals surface area contributed by atoms with Gasteiger partial charge in [-0.3, -0.25) is 10.1 Å². The van der Waals surface area contributed by atoms with Gasteiger partial charge in [0.1, 0.15) is 5.69 Å². The van der Waals surface area contributed by atoms with Gasteiger partial charge >= 0.3 is 0 Å². The van der Waals surface area contributed by atoms with Crippen LogP contribution in [0.15, 0.2) is 23.1 Å². The highest BCUT2D eigenvalue weighted by molar-refractivity contribution is 7.89. The number of benzene rings is 1. The van der Waals surface area contributed by atoms with Crippen LogP contribution in [0.5, 0.6) is 0 Å². The SMILES string of the molecule is CNS(=O)(=O)c1ccc(N(CCO)[C@H]2CCC[C@H]2C)c([N+](=O)[O-])c1. The molecule has 0 amide bonds. The van der Waals surface area contributed by atoms with Gasteiger partial charge in [-0.25, -0.2) is 13.1 Å². The van der Waals surface area contributed by atoms with Gasteiger partial charge in [0.05, 0.1) is 16.4 Å². The molecule has 0 aromatic heterocycles. The van der Waals surface area contributed by atoms with E-state index in [0.717, 1.165) is 25.3 Å². The Kier molecular flexibility index (Phi) is 5.79. The van der Waals surface area contributed by atoms with Crippen LogP contribution >= 0.6 is 0 Å². The molecule has 0 spiro atoms. The second kappa shape index (κ2) is 7.45. The van der Waals surface area contributed by atoms with Crippen LogP contribution in [0.1, 0.15) is 26.2 Å². The normalized spacial score (nSPS) is 21.0. The number of sulfonamides is 1. The highest BCUT2D eigenvalue weighted by atomic mass is 32.2.